The molecule has 2 aromatic rings. The number of nitrogens with one attached hydrogen (secondary N) is 2. The maximum Gasteiger partial charge on any atom is 0.285 e. The zero-order valence-electron chi connectivity index (χ0n) is 12.0. The van der Waals surface area contributed by atoms with Crippen LogP contribution >= 0.6 is 23.4 Å². The molecule has 0 radical (unpaired) electrons. The third-order valence-corrected chi connectivity index (χ3v) is 4.91. The smallest absolute Gasteiger partial charge is 0.285 e. The number of thioether (sulfide) groups is 1. The van der Waals surface area contributed by atoms with Crippen molar-refractivity contribution >= 4 is 34.7 Å². The second kappa shape index (κ2) is 7.07. The molecule has 1 saturated heterocycles. The standard InChI is InChI=1S/C15H17ClN4OS/c16-14-13(10-18-19-15(14)21)17-9-11-1-3-12(4-2-11)20-5-7-22-8-6-20/h1-4,10H,5-9H2,(H2,17,19,21). The Kier molecular flexibility index (Phi) is 4.90. The molecule has 0 atom stereocenters. The second-order valence-electron chi connectivity index (χ2n) is 5.05. The van der Waals surface area contributed by atoms with Crippen molar-refractivity contribution in [2.75, 3.05) is 34.8 Å². The zero-order chi connectivity index (χ0) is 15.4. The van der Waals surface area contributed by atoms with Gasteiger partial charge in [-0.25, -0.2) is 5.10 Å². The average molecular weight is 337 g/mol. The van der Waals surface area contributed by atoms with Gasteiger partial charge in [-0.1, -0.05) is 23.7 Å². The monoisotopic (exact) mass is 336 g/mol. The summed E-state index contributed by atoms with van der Waals surface area (Å²) in [6, 6.07) is 8.48. The molecule has 0 bridgehead atoms. The van der Waals surface area contributed by atoms with Crippen LogP contribution in [0.15, 0.2) is 35.3 Å². The predicted molar refractivity (Wildman–Crippen MR) is 93.2 cm³/mol. The quantitative estimate of drug-likeness (QED) is 0.898. The Balaban J connectivity index is 1.63. The molecule has 22 heavy (non-hydrogen) atoms. The summed E-state index contributed by atoms with van der Waals surface area (Å²) < 4.78 is 0. The number of aromatic nitrogens is 2. The highest BCUT2D eigenvalue weighted by molar-refractivity contribution is 7.99. The summed E-state index contributed by atoms with van der Waals surface area (Å²) >= 11 is 7.94. The minimum absolute atomic E-state index is 0.137. The van der Waals surface area contributed by atoms with Crippen molar-refractivity contribution in [3.8, 4) is 0 Å². The highest BCUT2D eigenvalue weighted by atomic mass is 35.5. The number of nitrogens with zero attached hydrogens (tertiary/aromatic N) is 2. The van der Waals surface area contributed by atoms with E-state index in [-0.39, 0.29) is 10.6 Å². The molecular weight excluding hydrogens is 320 g/mol. The first kappa shape index (κ1) is 15.2. The fraction of sp³-hybridized carbons (Fsp3) is 0.333. The summed E-state index contributed by atoms with van der Waals surface area (Å²) in [4.78, 5) is 13.8. The minimum Gasteiger partial charge on any atom is -0.378 e. The van der Waals surface area contributed by atoms with E-state index in [1.807, 2.05) is 11.8 Å². The molecule has 1 aliphatic rings. The molecule has 7 heteroatoms. The predicted octanol–water partition coefficient (Wildman–Crippen LogP) is 2.59. The number of aromatic amines is 1. The van der Waals surface area contributed by atoms with Gasteiger partial charge >= 0.3 is 0 Å². The molecule has 2 N–H and O–H groups in total. The van der Waals surface area contributed by atoms with Crippen molar-refractivity contribution in [1.82, 2.24) is 10.2 Å². The minimum atomic E-state index is -0.384. The summed E-state index contributed by atoms with van der Waals surface area (Å²) in [5.41, 5.74) is 2.55. The molecular formula is C15H17ClN4OS. The number of halogens is 1. The van der Waals surface area contributed by atoms with Crippen molar-refractivity contribution in [3.05, 3.63) is 51.4 Å². The van der Waals surface area contributed by atoms with Gasteiger partial charge in [0, 0.05) is 36.8 Å². The van der Waals surface area contributed by atoms with Crippen LogP contribution in [0, 0.1) is 0 Å². The number of hydrogen-bond donors (Lipinski definition) is 2. The van der Waals surface area contributed by atoms with Crippen LogP contribution in [0.5, 0.6) is 0 Å². The Bertz CT molecular complexity index is 683. The van der Waals surface area contributed by atoms with Crippen molar-refractivity contribution in [2.45, 2.75) is 6.54 Å². The van der Waals surface area contributed by atoms with Gasteiger partial charge in [0.1, 0.15) is 5.02 Å². The summed E-state index contributed by atoms with van der Waals surface area (Å²) in [5, 5.41) is 9.31. The maximum absolute atomic E-state index is 11.4. The number of hydrogen-bond acceptors (Lipinski definition) is 5. The van der Waals surface area contributed by atoms with E-state index in [2.05, 4.69) is 44.7 Å². The first-order chi connectivity index (χ1) is 10.7. The molecule has 0 spiro atoms. The Morgan fingerprint density at radius 3 is 2.73 bits per heavy atom. The normalized spacial score (nSPS) is 14.9. The zero-order valence-corrected chi connectivity index (χ0v) is 13.6. The molecule has 0 saturated carbocycles. The molecule has 1 aromatic carbocycles. The molecule has 3 rings (SSSR count). The first-order valence-corrected chi connectivity index (χ1v) is 8.66. The summed E-state index contributed by atoms with van der Waals surface area (Å²) in [7, 11) is 0. The van der Waals surface area contributed by atoms with Gasteiger partial charge in [-0.3, -0.25) is 4.79 Å². The number of benzene rings is 1. The SMILES string of the molecule is O=c1[nH]ncc(NCc2ccc(N3CCSCC3)cc2)c1Cl. The summed E-state index contributed by atoms with van der Waals surface area (Å²) in [6.07, 6.45) is 1.52. The molecule has 1 aromatic heterocycles. The van der Waals surface area contributed by atoms with Crippen LogP contribution in [-0.4, -0.2) is 34.8 Å². The van der Waals surface area contributed by atoms with Crippen molar-refractivity contribution < 1.29 is 0 Å². The van der Waals surface area contributed by atoms with Gasteiger partial charge in [-0.15, -0.1) is 0 Å². The van der Waals surface area contributed by atoms with Crippen LogP contribution in [0.3, 0.4) is 0 Å². The fourth-order valence-electron chi connectivity index (χ4n) is 2.35. The molecule has 0 unspecified atom stereocenters. The summed E-state index contributed by atoms with van der Waals surface area (Å²) in [6.45, 7) is 2.81. The topological polar surface area (TPSA) is 61.0 Å². The third kappa shape index (κ3) is 3.56. The van der Waals surface area contributed by atoms with Gasteiger partial charge in [-0.05, 0) is 17.7 Å². The molecule has 0 amide bonds. The highest BCUT2D eigenvalue weighted by Crippen LogP contribution is 2.21. The van der Waals surface area contributed by atoms with Gasteiger partial charge in [0.25, 0.3) is 5.56 Å². The maximum atomic E-state index is 11.4. The van der Waals surface area contributed by atoms with Crippen LogP contribution in [0.2, 0.25) is 5.02 Å². The Morgan fingerprint density at radius 2 is 2.00 bits per heavy atom. The van der Waals surface area contributed by atoms with Crippen molar-refractivity contribution in [2.24, 2.45) is 0 Å². The van der Waals surface area contributed by atoms with Crippen LogP contribution in [0.1, 0.15) is 5.56 Å². The molecule has 1 fully saturated rings. The van der Waals surface area contributed by atoms with Gasteiger partial charge in [0.2, 0.25) is 0 Å². The van der Waals surface area contributed by atoms with Gasteiger partial charge < -0.3 is 10.2 Å². The average Bonchev–Trinajstić information content (AvgIpc) is 2.57. The van der Waals surface area contributed by atoms with Gasteiger partial charge in [0.15, 0.2) is 0 Å². The van der Waals surface area contributed by atoms with E-state index in [0.29, 0.717) is 12.2 Å². The van der Waals surface area contributed by atoms with E-state index in [0.717, 1.165) is 18.7 Å². The molecule has 2 heterocycles. The number of anilines is 2. The van der Waals surface area contributed by atoms with Crippen molar-refractivity contribution in [3.63, 3.8) is 0 Å². The third-order valence-electron chi connectivity index (χ3n) is 3.59. The van der Waals surface area contributed by atoms with Gasteiger partial charge in [-0.2, -0.15) is 16.9 Å². The van der Waals surface area contributed by atoms with Crippen LogP contribution in [-0.2, 0) is 6.54 Å². The van der Waals surface area contributed by atoms with Gasteiger partial charge in [0.05, 0.1) is 11.9 Å². The van der Waals surface area contributed by atoms with Crippen LogP contribution < -0.4 is 15.8 Å². The summed E-state index contributed by atoms with van der Waals surface area (Å²) in [5.74, 6) is 2.38. The number of rotatable bonds is 4. The lowest BCUT2D eigenvalue weighted by molar-refractivity contribution is 0.858. The molecule has 116 valence electrons. The van der Waals surface area contributed by atoms with E-state index in [4.69, 9.17) is 11.6 Å². The number of H-pyrrole nitrogens is 1. The van der Waals surface area contributed by atoms with E-state index in [9.17, 15) is 4.79 Å². The van der Waals surface area contributed by atoms with E-state index < -0.39 is 0 Å². The first-order valence-electron chi connectivity index (χ1n) is 7.13. The lowest BCUT2D eigenvalue weighted by atomic mass is 10.2. The molecule has 0 aliphatic carbocycles. The Labute approximate surface area is 138 Å². The van der Waals surface area contributed by atoms with Crippen molar-refractivity contribution in [1.29, 1.82) is 0 Å². The molecule has 5 nitrogen and oxygen atoms in total. The Hall–Kier alpha value is -1.66. The van der Waals surface area contributed by atoms with E-state index in [1.54, 1.807) is 0 Å². The van der Waals surface area contributed by atoms with Crippen LogP contribution in [0.25, 0.3) is 0 Å². The highest BCUT2D eigenvalue weighted by Gasteiger charge is 2.11. The lowest BCUT2D eigenvalue weighted by Crippen LogP contribution is -2.32. The Morgan fingerprint density at radius 1 is 1.27 bits per heavy atom. The molecule has 1 aliphatic heterocycles. The second-order valence-corrected chi connectivity index (χ2v) is 6.65. The van der Waals surface area contributed by atoms with E-state index >= 15 is 0 Å². The lowest BCUT2D eigenvalue weighted by Gasteiger charge is -2.28. The largest absolute Gasteiger partial charge is 0.378 e. The van der Waals surface area contributed by atoms with E-state index in [1.165, 1.54) is 23.4 Å². The fourth-order valence-corrected chi connectivity index (χ4v) is 3.41. The van der Waals surface area contributed by atoms with Crippen LogP contribution in [0.4, 0.5) is 11.4 Å².